The Morgan fingerprint density at radius 2 is 2.20 bits per heavy atom. The van der Waals surface area contributed by atoms with Gasteiger partial charge in [0.1, 0.15) is 5.75 Å². The van der Waals surface area contributed by atoms with E-state index in [1.807, 2.05) is 19.1 Å². The molecule has 20 heavy (non-hydrogen) atoms. The Morgan fingerprint density at radius 3 is 2.90 bits per heavy atom. The molecule has 4 nitrogen and oxygen atoms in total. The van der Waals surface area contributed by atoms with Crippen LogP contribution in [0.4, 0.5) is 0 Å². The van der Waals surface area contributed by atoms with Gasteiger partial charge >= 0.3 is 0 Å². The number of ether oxygens (including phenoxy) is 1. The van der Waals surface area contributed by atoms with Crippen molar-refractivity contribution < 1.29 is 9.53 Å². The number of carbonyl (C=O) groups is 1. The molecule has 1 aromatic carbocycles. The number of para-hydroxylation sites is 1. The van der Waals surface area contributed by atoms with E-state index >= 15 is 0 Å². The number of amides is 1. The summed E-state index contributed by atoms with van der Waals surface area (Å²) in [6.07, 6.45) is 2.67. The van der Waals surface area contributed by atoms with Crippen molar-refractivity contribution in [3.8, 4) is 5.75 Å². The van der Waals surface area contributed by atoms with Gasteiger partial charge in [-0.1, -0.05) is 25.1 Å². The van der Waals surface area contributed by atoms with Gasteiger partial charge in [-0.25, -0.2) is 0 Å². The molecule has 0 radical (unpaired) electrons. The summed E-state index contributed by atoms with van der Waals surface area (Å²) in [7, 11) is 0. The van der Waals surface area contributed by atoms with Crippen LogP contribution in [0.1, 0.15) is 37.3 Å². The fourth-order valence-corrected chi connectivity index (χ4v) is 2.09. The lowest BCUT2D eigenvalue weighted by atomic mass is 10.1. The van der Waals surface area contributed by atoms with E-state index in [0.29, 0.717) is 19.1 Å². The van der Waals surface area contributed by atoms with Crippen molar-refractivity contribution in [1.29, 1.82) is 0 Å². The fourth-order valence-electron chi connectivity index (χ4n) is 2.09. The van der Waals surface area contributed by atoms with Gasteiger partial charge in [0.15, 0.2) is 0 Å². The van der Waals surface area contributed by atoms with E-state index < -0.39 is 0 Å². The molecule has 1 aliphatic rings. The summed E-state index contributed by atoms with van der Waals surface area (Å²) in [4.78, 5) is 11.6. The van der Waals surface area contributed by atoms with E-state index in [0.717, 1.165) is 42.8 Å². The summed E-state index contributed by atoms with van der Waals surface area (Å²) in [6, 6.07) is 6.56. The number of aryl methyl sites for hydroxylation is 1. The highest BCUT2D eigenvalue weighted by Crippen LogP contribution is 2.23. The Hall–Kier alpha value is -1.55. The average molecular weight is 276 g/mol. The summed E-state index contributed by atoms with van der Waals surface area (Å²) >= 11 is 0. The molecule has 1 fully saturated rings. The number of hydrogen-bond acceptors (Lipinski definition) is 3. The fraction of sp³-hybridized carbons (Fsp3) is 0.562. The molecule has 1 amide bonds. The van der Waals surface area contributed by atoms with Crippen molar-refractivity contribution in [2.75, 3.05) is 13.2 Å². The highest BCUT2D eigenvalue weighted by Gasteiger charge is 2.22. The third-order valence-corrected chi connectivity index (χ3v) is 3.38. The maximum absolute atomic E-state index is 11.6. The average Bonchev–Trinajstić information content (AvgIpc) is 3.22. The lowest BCUT2D eigenvalue weighted by Gasteiger charge is -2.14. The smallest absolute Gasteiger partial charge is 0.223 e. The van der Waals surface area contributed by atoms with Gasteiger partial charge in [0.25, 0.3) is 0 Å². The van der Waals surface area contributed by atoms with Crippen molar-refractivity contribution in [2.45, 2.75) is 45.7 Å². The molecule has 2 rings (SSSR count). The first-order valence-electron chi connectivity index (χ1n) is 7.42. The molecule has 110 valence electrons. The maximum atomic E-state index is 11.6. The van der Waals surface area contributed by atoms with Gasteiger partial charge in [-0.3, -0.25) is 4.79 Å². The van der Waals surface area contributed by atoms with E-state index in [4.69, 9.17) is 4.74 Å². The Kier molecular flexibility index (Phi) is 5.41. The first-order valence-corrected chi connectivity index (χ1v) is 7.42. The van der Waals surface area contributed by atoms with Crippen LogP contribution in [-0.4, -0.2) is 25.1 Å². The summed E-state index contributed by atoms with van der Waals surface area (Å²) < 4.78 is 5.84. The molecule has 0 spiro atoms. The topological polar surface area (TPSA) is 50.4 Å². The number of nitrogens with one attached hydrogen (secondary N) is 2. The van der Waals surface area contributed by atoms with Crippen LogP contribution in [0.25, 0.3) is 0 Å². The normalized spacial score (nSPS) is 14.1. The minimum Gasteiger partial charge on any atom is -0.492 e. The maximum Gasteiger partial charge on any atom is 0.223 e. The number of hydrogen-bond donors (Lipinski definition) is 2. The third kappa shape index (κ3) is 4.53. The zero-order valence-corrected chi connectivity index (χ0v) is 12.4. The van der Waals surface area contributed by atoms with E-state index in [1.165, 1.54) is 0 Å². The lowest BCUT2D eigenvalue weighted by molar-refractivity contribution is -0.121. The number of benzene rings is 1. The van der Waals surface area contributed by atoms with Gasteiger partial charge in [-0.15, -0.1) is 0 Å². The van der Waals surface area contributed by atoms with Crippen LogP contribution in [-0.2, 0) is 11.3 Å². The number of carbonyl (C=O) groups excluding carboxylic acids is 1. The van der Waals surface area contributed by atoms with Crippen LogP contribution in [0.5, 0.6) is 5.75 Å². The highest BCUT2D eigenvalue weighted by atomic mass is 16.5. The SMILES string of the molecule is CCNCc1cccc(C)c1OCCC(=O)NC1CC1. The Labute approximate surface area is 120 Å². The molecule has 1 aromatic rings. The second kappa shape index (κ2) is 7.29. The molecule has 1 saturated carbocycles. The van der Waals surface area contributed by atoms with Crippen LogP contribution >= 0.6 is 0 Å². The first-order chi connectivity index (χ1) is 9.70. The zero-order valence-electron chi connectivity index (χ0n) is 12.4. The first kappa shape index (κ1) is 14.9. The van der Waals surface area contributed by atoms with Crippen LogP contribution < -0.4 is 15.4 Å². The molecule has 0 aliphatic heterocycles. The monoisotopic (exact) mass is 276 g/mol. The summed E-state index contributed by atoms with van der Waals surface area (Å²) in [5.41, 5.74) is 2.26. The second-order valence-corrected chi connectivity index (χ2v) is 5.28. The van der Waals surface area contributed by atoms with Crippen LogP contribution in [0.15, 0.2) is 18.2 Å². The van der Waals surface area contributed by atoms with Crippen molar-refractivity contribution in [3.05, 3.63) is 29.3 Å². The second-order valence-electron chi connectivity index (χ2n) is 5.28. The Bertz CT molecular complexity index is 456. The molecular formula is C16H24N2O2. The standard InChI is InChI=1S/C16H24N2O2/c1-3-17-11-13-6-4-5-12(2)16(13)20-10-9-15(19)18-14-7-8-14/h4-6,14,17H,3,7-11H2,1-2H3,(H,18,19). The molecule has 1 aliphatic carbocycles. The van der Waals surface area contributed by atoms with Crippen LogP contribution in [0, 0.1) is 6.92 Å². The van der Waals surface area contributed by atoms with Gasteiger partial charge in [0.05, 0.1) is 13.0 Å². The van der Waals surface area contributed by atoms with Crippen molar-refractivity contribution in [2.24, 2.45) is 0 Å². The highest BCUT2D eigenvalue weighted by molar-refractivity contribution is 5.76. The predicted molar refractivity (Wildman–Crippen MR) is 79.8 cm³/mol. The van der Waals surface area contributed by atoms with E-state index in [2.05, 4.69) is 23.6 Å². The van der Waals surface area contributed by atoms with Crippen molar-refractivity contribution >= 4 is 5.91 Å². The molecule has 0 bridgehead atoms. The van der Waals surface area contributed by atoms with Gasteiger partial charge in [0.2, 0.25) is 5.91 Å². The van der Waals surface area contributed by atoms with E-state index in [-0.39, 0.29) is 5.91 Å². The van der Waals surface area contributed by atoms with Crippen molar-refractivity contribution in [1.82, 2.24) is 10.6 Å². The van der Waals surface area contributed by atoms with Crippen LogP contribution in [0.2, 0.25) is 0 Å². The molecule has 4 heteroatoms. The predicted octanol–water partition coefficient (Wildman–Crippen LogP) is 2.15. The molecule has 0 saturated heterocycles. The van der Waals surface area contributed by atoms with Gasteiger partial charge in [0, 0.05) is 18.2 Å². The quantitative estimate of drug-likeness (QED) is 0.765. The number of rotatable bonds is 8. The summed E-state index contributed by atoms with van der Waals surface area (Å²) in [5, 5.41) is 6.28. The molecule has 2 N–H and O–H groups in total. The molecule has 0 atom stereocenters. The third-order valence-electron chi connectivity index (χ3n) is 3.38. The van der Waals surface area contributed by atoms with Gasteiger partial charge in [-0.05, 0) is 31.9 Å². The Morgan fingerprint density at radius 1 is 1.40 bits per heavy atom. The minimum absolute atomic E-state index is 0.0920. The molecule has 0 unspecified atom stereocenters. The van der Waals surface area contributed by atoms with Crippen LogP contribution in [0.3, 0.4) is 0 Å². The van der Waals surface area contributed by atoms with Gasteiger partial charge in [-0.2, -0.15) is 0 Å². The van der Waals surface area contributed by atoms with Gasteiger partial charge < -0.3 is 15.4 Å². The lowest BCUT2D eigenvalue weighted by Crippen LogP contribution is -2.26. The molecule has 0 aromatic heterocycles. The van der Waals surface area contributed by atoms with E-state index in [9.17, 15) is 4.79 Å². The van der Waals surface area contributed by atoms with E-state index in [1.54, 1.807) is 0 Å². The molecular weight excluding hydrogens is 252 g/mol. The minimum atomic E-state index is 0.0920. The summed E-state index contributed by atoms with van der Waals surface area (Å²) in [5.74, 6) is 1.00. The molecule has 0 heterocycles. The largest absolute Gasteiger partial charge is 0.492 e. The summed E-state index contributed by atoms with van der Waals surface area (Å²) in [6.45, 7) is 6.27. The Balaban J connectivity index is 1.85. The van der Waals surface area contributed by atoms with Crippen molar-refractivity contribution in [3.63, 3.8) is 0 Å². The zero-order chi connectivity index (χ0) is 14.4.